The number of methoxy groups -OCH3 is 1. The molecular formula is C17H27N3O2. The van der Waals surface area contributed by atoms with E-state index in [2.05, 4.69) is 22.5 Å². The molecule has 122 valence electrons. The number of hydrogen-bond acceptors (Lipinski definition) is 3. The summed E-state index contributed by atoms with van der Waals surface area (Å²) in [5.41, 5.74) is 1.23. The van der Waals surface area contributed by atoms with Gasteiger partial charge in [0.1, 0.15) is 11.5 Å². The Balaban J connectivity index is 1.88. The van der Waals surface area contributed by atoms with E-state index in [1.54, 1.807) is 26.3 Å². The largest absolute Gasteiger partial charge is 0.508 e. The molecule has 5 heteroatoms. The van der Waals surface area contributed by atoms with Crippen molar-refractivity contribution in [3.05, 3.63) is 23.8 Å². The zero-order valence-electron chi connectivity index (χ0n) is 13.8. The lowest BCUT2D eigenvalue weighted by Crippen LogP contribution is -2.46. The zero-order valence-corrected chi connectivity index (χ0v) is 13.8. The fourth-order valence-corrected chi connectivity index (χ4v) is 2.83. The molecule has 0 heterocycles. The third-order valence-corrected chi connectivity index (χ3v) is 4.75. The summed E-state index contributed by atoms with van der Waals surface area (Å²) in [5.74, 6) is 1.76. The van der Waals surface area contributed by atoms with Crippen molar-refractivity contribution in [2.75, 3.05) is 20.7 Å². The van der Waals surface area contributed by atoms with Crippen LogP contribution in [0, 0.1) is 5.41 Å². The lowest BCUT2D eigenvalue weighted by molar-refractivity contribution is 0.131. The Bertz CT molecular complexity index is 519. The van der Waals surface area contributed by atoms with E-state index < -0.39 is 0 Å². The molecule has 1 aromatic rings. The molecule has 22 heavy (non-hydrogen) atoms. The highest BCUT2D eigenvalue weighted by molar-refractivity contribution is 5.79. The highest BCUT2D eigenvalue weighted by Crippen LogP contribution is 2.42. The molecule has 0 radical (unpaired) electrons. The van der Waals surface area contributed by atoms with Crippen LogP contribution in [0.2, 0.25) is 0 Å². The molecule has 1 saturated carbocycles. The maximum Gasteiger partial charge on any atom is 0.191 e. The lowest BCUT2D eigenvalue weighted by Gasteiger charge is -2.41. The second kappa shape index (κ2) is 7.38. The van der Waals surface area contributed by atoms with Crippen LogP contribution in [0.15, 0.2) is 23.2 Å². The molecule has 0 unspecified atom stereocenters. The predicted molar refractivity (Wildman–Crippen MR) is 89.4 cm³/mol. The van der Waals surface area contributed by atoms with E-state index in [0.717, 1.165) is 23.8 Å². The van der Waals surface area contributed by atoms with Gasteiger partial charge in [-0.3, -0.25) is 4.99 Å². The first kappa shape index (κ1) is 16.5. The fraction of sp³-hybridized carbons (Fsp3) is 0.588. The Labute approximate surface area is 132 Å². The zero-order chi connectivity index (χ0) is 16.0. The molecular weight excluding hydrogens is 278 g/mol. The van der Waals surface area contributed by atoms with Gasteiger partial charge < -0.3 is 20.5 Å². The average Bonchev–Trinajstić information content (AvgIpc) is 2.51. The van der Waals surface area contributed by atoms with E-state index in [4.69, 9.17) is 4.74 Å². The van der Waals surface area contributed by atoms with Crippen LogP contribution in [-0.2, 0) is 6.54 Å². The number of benzene rings is 1. The highest BCUT2D eigenvalue weighted by Gasteiger charge is 2.34. The highest BCUT2D eigenvalue weighted by atomic mass is 16.5. The molecule has 0 aliphatic heterocycles. The van der Waals surface area contributed by atoms with Crippen molar-refractivity contribution in [3.8, 4) is 11.5 Å². The van der Waals surface area contributed by atoms with Gasteiger partial charge in [0.05, 0.1) is 7.11 Å². The maximum absolute atomic E-state index is 9.90. The van der Waals surface area contributed by atoms with E-state index in [1.165, 1.54) is 25.7 Å². The monoisotopic (exact) mass is 305 g/mol. The van der Waals surface area contributed by atoms with Crippen molar-refractivity contribution < 1.29 is 9.84 Å². The van der Waals surface area contributed by atoms with Crippen LogP contribution in [0.4, 0.5) is 0 Å². The molecule has 0 spiro atoms. The second-order valence-corrected chi connectivity index (χ2v) is 5.98. The molecule has 1 aromatic carbocycles. The molecule has 2 rings (SSSR count). The van der Waals surface area contributed by atoms with Gasteiger partial charge >= 0.3 is 0 Å². The maximum atomic E-state index is 9.90. The van der Waals surface area contributed by atoms with E-state index in [-0.39, 0.29) is 5.75 Å². The standard InChI is InChI=1S/C17H27N3O2/c1-4-17(8-5-9-17)12-20-16(18-2)19-11-13-10-14(22-3)6-7-15(13)21/h6-7,10,21H,4-5,8-9,11-12H2,1-3H3,(H2,18,19,20). The van der Waals surface area contributed by atoms with Crippen LogP contribution in [-0.4, -0.2) is 31.8 Å². The molecule has 1 aliphatic rings. The van der Waals surface area contributed by atoms with E-state index in [1.807, 2.05) is 6.07 Å². The van der Waals surface area contributed by atoms with Gasteiger partial charge in [-0.25, -0.2) is 0 Å². The van der Waals surface area contributed by atoms with E-state index >= 15 is 0 Å². The summed E-state index contributed by atoms with van der Waals surface area (Å²) < 4.78 is 5.19. The third-order valence-electron chi connectivity index (χ3n) is 4.75. The molecule has 1 aliphatic carbocycles. The second-order valence-electron chi connectivity index (χ2n) is 5.98. The molecule has 0 atom stereocenters. The number of guanidine groups is 1. The van der Waals surface area contributed by atoms with Crippen LogP contribution in [0.5, 0.6) is 11.5 Å². The summed E-state index contributed by atoms with van der Waals surface area (Å²) in [6.45, 7) is 3.71. The van der Waals surface area contributed by atoms with Gasteiger partial charge in [0.25, 0.3) is 0 Å². The number of nitrogens with zero attached hydrogens (tertiary/aromatic N) is 1. The Kier molecular flexibility index (Phi) is 5.52. The third kappa shape index (κ3) is 3.84. The number of ether oxygens (including phenoxy) is 1. The Morgan fingerprint density at radius 2 is 2.14 bits per heavy atom. The molecule has 3 N–H and O–H groups in total. The number of phenols is 1. The van der Waals surface area contributed by atoms with Crippen molar-refractivity contribution in [2.24, 2.45) is 10.4 Å². The number of aromatic hydroxyl groups is 1. The van der Waals surface area contributed by atoms with E-state index in [9.17, 15) is 5.11 Å². The Morgan fingerprint density at radius 1 is 1.36 bits per heavy atom. The first-order valence-corrected chi connectivity index (χ1v) is 7.93. The van der Waals surface area contributed by atoms with Gasteiger partial charge in [0.15, 0.2) is 5.96 Å². The average molecular weight is 305 g/mol. The minimum absolute atomic E-state index is 0.257. The van der Waals surface area contributed by atoms with Crippen molar-refractivity contribution in [1.82, 2.24) is 10.6 Å². The number of nitrogens with one attached hydrogen (secondary N) is 2. The summed E-state index contributed by atoms with van der Waals surface area (Å²) in [7, 11) is 3.38. The van der Waals surface area contributed by atoms with Gasteiger partial charge in [-0.1, -0.05) is 13.3 Å². The minimum atomic E-state index is 0.257. The summed E-state index contributed by atoms with van der Waals surface area (Å²) in [6, 6.07) is 5.22. The van der Waals surface area contributed by atoms with Crippen LogP contribution in [0.1, 0.15) is 38.2 Å². The molecule has 0 aromatic heterocycles. The molecule has 0 saturated heterocycles. The van der Waals surface area contributed by atoms with Gasteiger partial charge in [-0.15, -0.1) is 0 Å². The van der Waals surface area contributed by atoms with Gasteiger partial charge in [0.2, 0.25) is 0 Å². The molecule has 5 nitrogen and oxygen atoms in total. The first-order chi connectivity index (χ1) is 10.6. The normalized spacial score (nSPS) is 16.8. The SMILES string of the molecule is CCC1(CNC(=NC)NCc2cc(OC)ccc2O)CCC1. The lowest BCUT2D eigenvalue weighted by atomic mass is 9.67. The molecule has 1 fully saturated rings. The number of hydrogen-bond donors (Lipinski definition) is 3. The molecule has 0 bridgehead atoms. The topological polar surface area (TPSA) is 65.9 Å². The number of rotatable bonds is 6. The van der Waals surface area contributed by atoms with Crippen LogP contribution >= 0.6 is 0 Å². The van der Waals surface area contributed by atoms with Crippen molar-refractivity contribution in [1.29, 1.82) is 0 Å². The van der Waals surface area contributed by atoms with Crippen LogP contribution < -0.4 is 15.4 Å². The van der Waals surface area contributed by atoms with E-state index in [0.29, 0.717) is 12.0 Å². The quantitative estimate of drug-likeness (QED) is 0.558. The Hall–Kier alpha value is -1.91. The fourth-order valence-electron chi connectivity index (χ4n) is 2.83. The Morgan fingerprint density at radius 3 is 2.68 bits per heavy atom. The van der Waals surface area contributed by atoms with Crippen LogP contribution in [0.3, 0.4) is 0 Å². The van der Waals surface area contributed by atoms with Gasteiger partial charge in [-0.05, 0) is 42.9 Å². The minimum Gasteiger partial charge on any atom is -0.508 e. The number of aliphatic imine (C=N–C) groups is 1. The first-order valence-electron chi connectivity index (χ1n) is 7.93. The van der Waals surface area contributed by atoms with Crippen LogP contribution in [0.25, 0.3) is 0 Å². The van der Waals surface area contributed by atoms with Crippen molar-refractivity contribution >= 4 is 5.96 Å². The predicted octanol–water partition coefficient (Wildman–Crippen LogP) is 2.65. The van der Waals surface area contributed by atoms with Crippen molar-refractivity contribution in [2.45, 2.75) is 39.2 Å². The summed E-state index contributed by atoms with van der Waals surface area (Å²) in [6.07, 6.45) is 5.13. The van der Waals surface area contributed by atoms with Crippen molar-refractivity contribution in [3.63, 3.8) is 0 Å². The summed E-state index contributed by atoms with van der Waals surface area (Å²) >= 11 is 0. The van der Waals surface area contributed by atoms with Gasteiger partial charge in [0, 0.05) is 25.7 Å². The number of phenolic OH excluding ortho intramolecular Hbond substituents is 1. The summed E-state index contributed by atoms with van der Waals surface area (Å²) in [4.78, 5) is 4.25. The smallest absolute Gasteiger partial charge is 0.191 e. The van der Waals surface area contributed by atoms with Gasteiger partial charge in [-0.2, -0.15) is 0 Å². The molecule has 0 amide bonds. The summed E-state index contributed by atoms with van der Waals surface area (Å²) in [5, 5.41) is 16.6.